The van der Waals surface area contributed by atoms with Crippen LogP contribution in [0.5, 0.6) is 0 Å². The minimum atomic E-state index is -0.284. The Morgan fingerprint density at radius 1 is 0.593 bits per heavy atom. The van der Waals surface area contributed by atoms with Gasteiger partial charge in [0.05, 0.1) is 11.4 Å². The zero-order valence-electron chi connectivity index (χ0n) is 14.2. The molecule has 0 radical (unpaired) electrons. The van der Waals surface area contributed by atoms with E-state index in [4.69, 9.17) is 11.6 Å². The van der Waals surface area contributed by atoms with Crippen molar-refractivity contribution in [1.82, 2.24) is 0 Å². The molecule has 8 heteroatoms. The van der Waals surface area contributed by atoms with Gasteiger partial charge < -0.3 is 37.2 Å². The molecular weight excluding hydrogens is 426 g/mol. The number of alkyl halides is 1. The predicted molar refractivity (Wildman–Crippen MR) is 98.3 cm³/mol. The number of anilines is 3. The maximum atomic E-state index is 6.69. The average Bonchev–Trinajstić information content (AvgIpc) is 3.01. The van der Waals surface area contributed by atoms with Gasteiger partial charge in [0.2, 0.25) is 0 Å². The molecule has 0 aliphatic carbocycles. The monoisotopic (exact) mass is 442 g/mol. The van der Waals surface area contributed by atoms with Gasteiger partial charge in [-0.05, 0) is 48.0 Å². The van der Waals surface area contributed by atoms with Gasteiger partial charge in [-0.2, -0.15) is 10.4 Å². The summed E-state index contributed by atoms with van der Waals surface area (Å²) >= 11 is 6.69. The summed E-state index contributed by atoms with van der Waals surface area (Å²) in [5, 5.41) is 6.26. The minimum Gasteiger partial charge on any atom is -1.00 e. The lowest BCUT2D eigenvalue weighted by Crippen LogP contribution is -3.00. The van der Waals surface area contributed by atoms with Crippen molar-refractivity contribution in [3.8, 4) is 0 Å². The third-order valence-electron chi connectivity index (χ3n) is 3.93. The van der Waals surface area contributed by atoms with E-state index in [9.17, 15) is 0 Å². The molecule has 144 valence electrons. The van der Waals surface area contributed by atoms with Crippen LogP contribution in [-0.2, 0) is 0 Å². The number of hydrogen-bond acceptors (Lipinski definition) is 3. The summed E-state index contributed by atoms with van der Waals surface area (Å²) in [6, 6.07) is 30.6. The summed E-state index contributed by atoms with van der Waals surface area (Å²) < 4.78 is 0. The van der Waals surface area contributed by atoms with Crippen molar-refractivity contribution in [1.29, 1.82) is 0 Å². The van der Waals surface area contributed by atoms with Crippen molar-refractivity contribution in [2.24, 2.45) is 0 Å². The third-order valence-corrected chi connectivity index (χ3v) is 4.23. The first-order chi connectivity index (χ1) is 11.8. The lowest BCUT2D eigenvalue weighted by Gasteiger charge is -2.32. The smallest absolute Gasteiger partial charge is 0.283 e. The summed E-state index contributed by atoms with van der Waals surface area (Å²) in [6.07, 6.45) is 0. The van der Waals surface area contributed by atoms with Crippen molar-refractivity contribution >= 4 is 28.7 Å². The zero-order valence-corrected chi connectivity index (χ0v) is 17.2. The predicted octanol–water partition coefficient (Wildman–Crippen LogP) is -5.64. The zero-order chi connectivity index (χ0) is 16.4. The van der Waals surface area contributed by atoms with E-state index in [0.717, 1.165) is 17.1 Å². The van der Waals surface area contributed by atoms with Crippen molar-refractivity contribution in [2.45, 2.75) is 5.62 Å². The van der Waals surface area contributed by atoms with Crippen molar-refractivity contribution in [3.63, 3.8) is 0 Å². The summed E-state index contributed by atoms with van der Waals surface area (Å²) in [6.45, 7) is 0. The first kappa shape index (κ1) is 23.2. The molecule has 3 aromatic carbocycles. The van der Waals surface area contributed by atoms with E-state index in [2.05, 4.69) is 51.6 Å². The van der Waals surface area contributed by atoms with E-state index >= 15 is 0 Å². The topological polar surface area (TPSA) is 26.3 Å². The van der Waals surface area contributed by atoms with Gasteiger partial charge in [-0.1, -0.05) is 54.6 Å². The second-order valence-corrected chi connectivity index (χ2v) is 5.95. The molecule has 0 amide bonds. The highest BCUT2D eigenvalue weighted by atomic mass is 35.5. The molecule has 1 aliphatic heterocycles. The molecule has 1 heterocycles. The van der Waals surface area contributed by atoms with Gasteiger partial charge in [0.25, 0.3) is 5.62 Å². The van der Waals surface area contributed by atoms with E-state index in [1.54, 1.807) is 0 Å². The van der Waals surface area contributed by atoms with Gasteiger partial charge in [0.15, 0.2) is 0 Å². The van der Waals surface area contributed by atoms with Gasteiger partial charge >= 0.3 is 0 Å². The van der Waals surface area contributed by atoms with Crippen LogP contribution in [0.4, 0.5) is 17.1 Å². The molecular formula is C19H18Cl4N4-2. The molecule has 4 rings (SSSR count). The number of benzene rings is 3. The molecule has 27 heavy (non-hydrogen) atoms. The number of nitrogens with zero attached hydrogens (tertiary/aromatic N) is 3. The van der Waals surface area contributed by atoms with E-state index < -0.39 is 0 Å². The number of rotatable bonds is 3. The molecule has 1 saturated heterocycles. The van der Waals surface area contributed by atoms with Gasteiger partial charge in [-0.15, -0.1) is 10.2 Å². The van der Waals surface area contributed by atoms with E-state index in [1.165, 1.54) is 0 Å². The van der Waals surface area contributed by atoms with E-state index in [-0.39, 0.29) is 42.8 Å². The fourth-order valence-electron chi connectivity index (χ4n) is 2.87. The number of quaternary nitrogens is 1. The van der Waals surface area contributed by atoms with Gasteiger partial charge in [-0.25, -0.2) is 0 Å². The number of para-hydroxylation sites is 3. The highest BCUT2D eigenvalue weighted by Crippen LogP contribution is 2.30. The van der Waals surface area contributed by atoms with Crippen molar-refractivity contribution < 1.29 is 42.6 Å². The Balaban J connectivity index is 0.00000121. The minimum absolute atomic E-state index is 0. The first-order valence-corrected chi connectivity index (χ1v) is 8.31. The molecule has 1 unspecified atom stereocenters. The Morgan fingerprint density at radius 3 is 1.48 bits per heavy atom. The van der Waals surface area contributed by atoms with Gasteiger partial charge in [-0.3, -0.25) is 0 Å². The third kappa shape index (κ3) is 4.72. The molecule has 0 saturated carbocycles. The van der Waals surface area contributed by atoms with Crippen LogP contribution in [0, 0.1) is 0 Å². The van der Waals surface area contributed by atoms with Crippen LogP contribution in [0.15, 0.2) is 91.0 Å². The first-order valence-electron chi connectivity index (χ1n) is 7.87. The van der Waals surface area contributed by atoms with Crippen LogP contribution >= 0.6 is 11.6 Å². The molecule has 0 aromatic heterocycles. The van der Waals surface area contributed by atoms with Crippen LogP contribution < -0.4 is 57.9 Å². The fraction of sp³-hybridized carbons (Fsp3) is 0.0526. The molecule has 0 bridgehead atoms. The number of hydrazine groups is 2. The summed E-state index contributed by atoms with van der Waals surface area (Å²) in [5.74, 6) is 0. The van der Waals surface area contributed by atoms with E-state index in [1.807, 2.05) is 60.0 Å². The van der Waals surface area contributed by atoms with E-state index in [0.29, 0.717) is 0 Å². The quantitative estimate of drug-likeness (QED) is 0.248. The molecule has 2 N–H and O–H groups in total. The molecule has 3 aromatic rings. The lowest BCUT2D eigenvalue weighted by atomic mass is 10.3. The second kappa shape index (κ2) is 10.5. The SMILES string of the molecule is ClC1[NH2+]N(c2ccccc2)N(c2ccccc2)N1c1ccccc1.[Cl-].[Cl-].[Cl-]. The normalized spacial score (nSPS) is 15.4. The fourth-order valence-corrected chi connectivity index (χ4v) is 3.17. The van der Waals surface area contributed by atoms with Crippen LogP contribution in [0.3, 0.4) is 0 Å². The van der Waals surface area contributed by atoms with Gasteiger partial charge in [0.1, 0.15) is 5.69 Å². The highest BCUT2D eigenvalue weighted by molar-refractivity contribution is 6.21. The van der Waals surface area contributed by atoms with Crippen molar-refractivity contribution in [2.75, 3.05) is 15.2 Å². The van der Waals surface area contributed by atoms with Crippen LogP contribution in [0.1, 0.15) is 0 Å². The van der Waals surface area contributed by atoms with Crippen LogP contribution in [0.25, 0.3) is 0 Å². The Bertz CT molecular complexity index is 793. The summed E-state index contributed by atoms with van der Waals surface area (Å²) in [4.78, 5) is 0. The van der Waals surface area contributed by atoms with Gasteiger partial charge in [0, 0.05) is 0 Å². The Labute approximate surface area is 182 Å². The Morgan fingerprint density at radius 2 is 1.00 bits per heavy atom. The molecule has 4 nitrogen and oxygen atoms in total. The standard InChI is InChI=1S/C19H17ClN4.3ClH/c20-19-21-23(17-12-6-2-7-13-17)24(18-14-8-3-9-15-18)22(19)16-10-4-1-5-11-16;;;/h1-15,19,21H;3*1H/p-2. The highest BCUT2D eigenvalue weighted by Gasteiger charge is 2.41. The molecule has 0 spiro atoms. The summed E-state index contributed by atoms with van der Waals surface area (Å²) in [5.41, 5.74) is 4.87. The van der Waals surface area contributed by atoms with Crippen molar-refractivity contribution in [3.05, 3.63) is 91.0 Å². The Hall–Kier alpha value is -1.82. The largest absolute Gasteiger partial charge is 1.00 e. The molecule has 1 fully saturated rings. The maximum absolute atomic E-state index is 6.69. The van der Waals surface area contributed by atoms with Crippen LogP contribution in [-0.4, -0.2) is 5.62 Å². The summed E-state index contributed by atoms with van der Waals surface area (Å²) in [7, 11) is 0. The van der Waals surface area contributed by atoms with Crippen LogP contribution in [0.2, 0.25) is 0 Å². The lowest BCUT2D eigenvalue weighted by molar-refractivity contribution is -0.663. The maximum Gasteiger partial charge on any atom is 0.283 e. The molecule has 1 aliphatic rings. The average molecular weight is 444 g/mol. The number of nitrogens with two attached hydrogens (primary N) is 1. The number of halogens is 4. The second-order valence-electron chi connectivity index (χ2n) is 5.51. The molecule has 1 atom stereocenters. The number of hydrogen-bond donors (Lipinski definition) is 1. The Kier molecular flexibility index (Phi) is 9.03.